The first-order chi connectivity index (χ1) is 7.49. The van der Waals surface area contributed by atoms with E-state index in [4.69, 9.17) is 11.0 Å². The Balaban J connectivity index is 3.43. The van der Waals surface area contributed by atoms with Crippen molar-refractivity contribution in [3.8, 4) is 6.07 Å². The van der Waals surface area contributed by atoms with Crippen molar-refractivity contribution in [1.82, 2.24) is 4.98 Å². The number of aromatic nitrogens is 1. The molecule has 0 aliphatic heterocycles. The minimum Gasteiger partial charge on any atom is -0.393 e. The van der Waals surface area contributed by atoms with E-state index in [9.17, 15) is 18.9 Å². The Morgan fingerprint density at radius 3 is 2.75 bits per heavy atom. The van der Waals surface area contributed by atoms with Gasteiger partial charge in [-0.05, 0) is 0 Å². The van der Waals surface area contributed by atoms with Gasteiger partial charge in [0.15, 0.2) is 5.69 Å². The molecule has 0 unspecified atom stereocenters. The molecule has 0 aromatic carbocycles. The van der Waals surface area contributed by atoms with Gasteiger partial charge in [-0.25, -0.2) is 13.8 Å². The number of rotatable bonds is 3. The largest absolute Gasteiger partial charge is 0.393 e. The van der Waals surface area contributed by atoms with Crippen molar-refractivity contribution in [2.75, 3.05) is 5.73 Å². The van der Waals surface area contributed by atoms with Crippen molar-refractivity contribution in [1.29, 1.82) is 5.26 Å². The van der Waals surface area contributed by atoms with Crippen LogP contribution in [0, 0.1) is 21.4 Å². The van der Waals surface area contributed by atoms with Crippen LogP contribution in [0.1, 0.15) is 17.7 Å². The van der Waals surface area contributed by atoms with Gasteiger partial charge in [0, 0.05) is 11.8 Å². The van der Waals surface area contributed by atoms with Gasteiger partial charge in [0.1, 0.15) is 5.69 Å². The van der Waals surface area contributed by atoms with Crippen molar-refractivity contribution < 1.29 is 13.7 Å². The normalized spacial score (nSPS) is 10.1. The summed E-state index contributed by atoms with van der Waals surface area (Å²) >= 11 is 0. The molecular formula is C8H6F2N4O2. The summed E-state index contributed by atoms with van der Waals surface area (Å²) in [4.78, 5) is 12.8. The fourth-order valence-corrected chi connectivity index (χ4v) is 1.15. The minimum atomic E-state index is -3.08. The highest BCUT2D eigenvalue weighted by Gasteiger charge is 2.28. The molecule has 1 rings (SSSR count). The fourth-order valence-electron chi connectivity index (χ4n) is 1.15. The molecule has 0 amide bonds. The van der Waals surface area contributed by atoms with Crippen molar-refractivity contribution >= 4 is 11.4 Å². The number of nitro groups is 1. The number of alkyl halides is 2. The molecule has 2 N–H and O–H groups in total. The quantitative estimate of drug-likeness (QED) is 0.624. The van der Waals surface area contributed by atoms with Gasteiger partial charge < -0.3 is 5.73 Å². The van der Waals surface area contributed by atoms with E-state index in [1.165, 1.54) is 0 Å². The van der Waals surface area contributed by atoms with E-state index in [2.05, 4.69) is 4.98 Å². The number of halogens is 2. The standard InChI is InChI=1S/C8H6F2N4O2/c9-8(10)6-7(14(15)16)5(12)4(1-2-11)3-13-6/h3,8H,1H2,(H2,12,13). The minimum absolute atomic E-state index is 0.0681. The van der Waals surface area contributed by atoms with Crippen molar-refractivity contribution in [3.63, 3.8) is 0 Å². The van der Waals surface area contributed by atoms with Gasteiger partial charge in [0.25, 0.3) is 6.43 Å². The summed E-state index contributed by atoms with van der Waals surface area (Å²) in [6, 6.07) is 1.71. The zero-order valence-electron chi connectivity index (χ0n) is 7.85. The predicted molar refractivity (Wildman–Crippen MR) is 49.6 cm³/mol. The number of nitrogens with two attached hydrogens (primary N) is 1. The van der Waals surface area contributed by atoms with Gasteiger partial charge in [0.2, 0.25) is 0 Å². The molecule has 0 spiro atoms. The first-order valence-corrected chi connectivity index (χ1v) is 4.05. The van der Waals surface area contributed by atoms with Gasteiger partial charge in [0.05, 0.1) is 17.4 Å². The zero-order valence-corrected chi connectivity index (χ0v) is 7.85. The zero-order chi connectivity index (χ0) is 12.3. The second kappa shape index (κ2) is 4.48. The van der Waals surface area contributed by atoms with Gasteiger partial charge in [-0.1, -0.05) is 0 Å². The molecular weight excluding hydrogens is 222 g/mol. The van der Waals surface area contributed by atoms with Gasteiger partial charge in [-0.3, -0.25) is 10.1 Å². The lowest BCUT2D eigenvalue weighted by Gasteiger charge is -2.06. The van der Waals surface area contributed by atoms with Crippen LogP contribution in [0.5, 0.6) is 0 Å². The predicted octanol–water partition coefficient (Wildman–Crippen LogP) is 1.58. The lowest BCUT2D eigenvalue weighted by atomic mass is 10.1. The van der Waals surface area contributed by atoms with Gasteiger partial charge in [-0.2, -0.15) is 5.26 Å². The molecule has 0 bridgehead atoms. The lowest BCUT2D eigenvalue weighted by molar-refractivity contribution is -0.385. The Kier molecular flexibility index (Phi) is 3.30. The molecule has 0 atom stereocenters. The molecule has 1 aromatic heterocycles. The summed E-state index contributed by atoms with van der Waals surface area (Å²) in [6.07, 6.45) is -2.35. The van der Waals surface area contributed by atoms with E-state index in [0.29, 0.717) is 0 Å². The highest BCUT2D eigenvalue weighted by Crippen LogP contribution is 2.33. The second-order valence-corrected chi connectivity index (χ2v) is 2.82. The summed E-state index contributed by atoms with van der Waals surface area (Å²) in [6.45, 7) is 0. The van der Waals surface area contributed by atoms with Crippen molar-refractivity contribution in [2.45, 2.75) is 12.8 Å². The van der Waals surface area contributed by atoms with Crippen LogP contribution in [0.25, 0.3) is 0 Å². The number of hydrogen-bond acceptors (Lipinski definition) is 5. The van der Waals surface area contributed by atoms with E-state index in [0.717, 1.165) is 6.20 Å². The number of anilines is 1. The smallest absolute Gasteiger partial charge is 0.319 e. The molecule has 0 aliphatic carbocycles. The number of nitriles is 1. The highest BCUT2D eigenvalue weighted by molar-refractivity contribution is 5.65. The van der Waals surface area contributed by atoms with Crippen LogP contribution in [-0.4, -0.2) is 9.91 Å². The Labute approximate surface area is 88.5 Å². The summed E-state index contributed by atoms with van der Waals surface area (Å²) in [7, 11) is 0. The van der Waals surface area contributed by atoms with E-state index < -0.39 is 28.4 Å². The maximum atomic E-state index is 12.4. The SMILES string of the molecule is N#CCc1cnc(C(F)F)c([N+](=O)[O-])c1N. The first-order valence-electron chi connectivity index (χ1n) is 4.05. The van der Waals surface area contributed by atoms with Crippen molar-refractivity contribution in [3.05, 3.63) is 27.6 Å². The van der Waals surface area contributed by atoms with Crippen LogP contribution in [-0.2, 0) is 6.42 Å². The molecule has 0 saturated carbocycles. The molecule has 1 heterocycles. The summed E-state index contributed by atoms with van der Waals surface area (Å²) in [5.41, 5.74) is 3.07. The lowest BCUT2D eigenvalue weighted by Crippen LogP contribution is -2.06. The summed E-state index contributed by atoms with van der Waals surface area (Å²) in [5, 5.41) is 19.0. The Morgan fingerprint density at radius 1 is 1.69 bits per heavy atom. The van der Waals surface area contributed by atoms with Crippen LogP contribution >= 0.6 is 0 Å². The van der Waals surface area contributed by atoms with Gasteiger partial charge >= 0.3 is 5.69 Å². The Morgan fingerprint density at radius 2 is 2.31 bits per heavy atom. The fraction of sp³-hybridized carbons (Fsp3) is 0.250. The molecule has 8 heteroatoms. The van der Waals surface area contributed by atoms with Gasteiger partial charge in [-0.15, -0.1) is 0 Å². The van der Waals surface area contributed by atoms with Crippen molar-refractivity contribution in [2.24, 2.45) is 0 Å². The average molecular weight is 228 g/mol. The topological polar surface area (TPSA) is 106 Å². The number of nitrogens with zero attached hydrogens (tertiary/aromatic N) is 3. The van der Waals surface area contributed by atoms with E-state index in [1.807, 2.05) is 0 Å². The molecule has 16 heavy (non-hydrogen) atoms. The van der Waals surface area contributed by atoms with Crippen LogP contribution in [0.3, 0.4) is 0 Å². The number of pyridine rings is 1. The highest BCUT2D eigenvalue weighted by atomic mass is 19.3. The van der Waals surface area contributed by atoms with Crippen LogP contribution in [0.15, 0.2) is 6.20 Å². The third-order valence-electron chi connectivity index (χ3n) is 1.86. The van der Waals surface area contributed by atoms with Crippen LogP contribution in [0.2, 0.25) is 0 Å². The maximum absolute atomic E-state index is 12.4. The Bertz CT molecular complexity index is 470. The molecule has 0 radical (unpaired) electrons. The van der Waals surface area contributed by atoms with E-state index in [1.54, 1.807) is 6.07 Å². The van der Waals surface area contributed by atoms with E-state index >= 15 is 0 Å². The monoisotopic (exact) mass is 228 g/mol. The van der Waals surface area contributed by atoms with E-state index in [-0.39, 0.29) is 12.0 Å². The van der Waals surface area contributed by atoms with Crippen LogP contribution < -0.4 is 5.73 Å². The summed E-state index contributed by atoms with van der Waals surface area (Å²) in [5.74, 6) is 0. The average Bonchev–Trinajstić information content (AvgIpc) is 2.20. The molecule has 1 aromatic rings. The summed E-state index contributed by atoms with van der Waals surface area (Å²) < 4.78 is 24.8. The third-order valence-corrected chi connectivity index (χ3v) is 1.86. The maximum Gasteiger partial charge on any atom is 0.319 e. The number of hydrogen-bond donors (Lipinski definition) is 1. The Hall–Kier alpha value is -2.30. The number of nitrogen functional groups attached to an aromatic ring is 1. The second-order valence-electron chi connectivity index (χ2n) is 2.82. The molecule has 6 nitrogen and oxygen atoms in total. The first kappa shape index (κ1) is 11.8. The third kappa shape index (κ3) is 2.03. The molecule has 0 fully saturated rings. The van der Waals surface area contributed by atoms with Crippen LogP contribution in [0.4, 0.5) is 20.2 Å². The molecule has 84 valence electrons. The molecule has 0 aliphatic rings. The molecule has 0 saturated heterocycles.